The van der Waals surface area contributed by atoms with Gasteiger partial charge in [-0.2, -0.15) is 0 Å². The molecule has 0 saturated carbocycles. The van der Waals surface area contributed by atoms with Crippen molar-refractivity contribution in [1.82, 2.24) is 14.4 Å². The molecule has 0 N–H and O–H groups in total. The molecule has 0 spiro atoms. The second kappa shape index (κ2) is 4.29. The number of nitrogens with zero attached hydrogens (tertiary/aromatic N) is 3. The molecule has 3 aromatic rings. The highest BCUT2D eigenvalue weighted by Crippen LogP contribution is 2.25. The molecule has 0 aliphatic rings. The number of aryl methyl sites for hydroxylation is 1. The maximum Gasteiger partial charge on any atom is 0.262 e. The number of thiazole rings is 2. The van der Waals surface area contributed by atoms with Crippen molar-refractivity contribution < 1.29 is 0 Å². The Hall–Kier alpha value is -1.53. The van der Waals surface area contributed by atoms with E-state index in [1.54, 1.807) is 10.6 Å². The SMILES string of the molecule is CCc1c(-c2nc(C)cs2)nc2sccn2c1=O. The van der Waals surface area contributed by atoms with Crippen molar-refractivity contribution >= 4 is 27.6 Å². The highest BCUT2D eigenvalue weighted by atomic mass is 32.1. The monoisotopic (exact) mass is 277 g/mol. The maximum absolute atomic E-state index is 12.3. The molecule has 92 valence electrons. The van der Waals surface area contributed by atoms with Gasteiger partial charge in [-0.15, -0.1) is 22.7 Å². The van der Waals surface area contributed by atoms with E-state index in [2.05, 4.69) is 9.97 Å². The minimum Gasteiger partial charge on any atom is -0.269 e. The Morgan fingerprint density at radius 2 is 2.17 bits per heavy atom. The molecule has 0 radical (unpaired) electrons. The van der Waals surface area contributed by atoms with Gasteiger partial charge < -0.3 is 0 Å². The van der Waals surface area contributed by atoms with Crippen LogP contribution in [0.1, 0.15) is 18.2 Å². The molecule has 18 heavy (non-hydrogen) atoms. The van der Waals surface area contributed by atoms with Gasteiger partial charge in [0.1, 0.15) is 10.7 Å². The summed E-state index contributed by atoms with van der Waals surface area (Å²) in [5.74, 6) is 0. The van der Waals surface area contributed by atoms with E-state index >= 15 is 0 Å². The molecule has 0 bridgehead atoms. The molecular formula is C12H11N3OS2. The summed E-state index contributed by atoms with van der Waals surface area (Å²) in [6.45, 7) is 3.92. The molecule has 3 aromatic heterocycles. The van der Waals surface area contributed by atoms with Crippen LogP contribution in [0.15, 0.2) is 21.8 Å². The molecule has 0 aromatic carbocycles. The lowest BCUT2D eigenvalue weighted by Crippen LogP contribution is -2.19. The van der Waals surface area contributed by atoms with E-state index in [1.807, 2.05) is 24.6 Å². The van der Waals surface area contributed by atoms with Gasteiger partial charge in [-0.25, -0.2) is 9.97 Å². The Kier molecular flexibility index (Phi) is 2.76. The Morgan fingerprint density at radius 1 is 1.33 bits per heavy atom. The lowest BCUT2D eigenvalue weighted by Gasteiger charge is -2.04. The average Bonchev–Trinajstić information content (AvgIpc) is 2.97. The zero-order valence-electron chi connectivity index (χ0n) is 10.0. The summed E-state index contributed by atoms with van der Waals surface area (Å²) in [6, 6.07) is 0. The van der Waals surface area contributed by atoms with Crippen molar-refractivity contribution in [2.24, 2.45) is 0 Å². The molecule has 4 nitrogen and oxygen atoms in total. The van der Waals surface area contributed by atoms with Crippen molar-refractivity contribution in [3.05, 3.63) is 38.6 Å². The highest BCUT2D eigenvalue weighted by molar-refractivity contribution is 7.15. The average molecular weight is 277 g/mol. The van der Waals surface area contributed by atoms with Crippen LogP contribution in [0, 0.1) is 6.92 Å². The van der Waals surface area contributed by atoms with Gasteiger partial charge in [-0.3, -0.25) is 9.20 Å². The topological polar surface area (TPSA) is 47.3 Å². The van der Waals surface area contributed by atoms with Crippen LogP contribution >= 0.6 is 22.7 Å². The van der Waals surface area contributed by atoms with Crippen LogP contribution in [0.2, 0.25) is 0 Å². The first-order valence-electron chi connectivity index (χ1n) is 5.62. The molecule has 0 saturated heterocycles. The molecule has 0 aliphatic carbocycles. The van der Waals surface area contributed by atoms with Crippen molar-refractivity contribution in [3.8, 4) is 10.7 Å². The second-order valence-corrected chi connectivity index (χ2v) is 5.68. The zero-order valence-corrected chi connectivity index (χ0v) is 11.6. The number of hydrogen-bond acceptors (Lipinski definition) is 5. The number of fused-ring (bicyclic) bond motifs is 1. The third-order valence-corrected chi connectivity index (χ3v) is 4.46. The normalized spacial score (nSPS) is 11.2. The van der Waals surface area contributed by atoms with E-state index in [0.29, 0.717) is 6.42 Å². The second-order valence-electron chi connectivity index (χ2n) is 3.95. The van der Waals surface area contributed by atoms with Crippen molar-refractivity contribution in [2.75, 3.05) is 0 Å². The Bertz CT molecular complexity index is 769. The van der Waals surface area contributed by atoms with Crippen LogP contribution in [0.3, 0.4) is 0 Å². The number of rotatable bonds is 2. The van der Waals surface area contributed by atoms with Gasteiger partial charge in [-0.05, 0) is 13.3 Å². The largest absolute Gasteiger partial charge is 0.269 e. The smallest absolute Gasteiger partial charge is 0.262 e. The minimum atomic E-state index is 0.0200. The molecule has 0 amide bonds. The zero-order chi connectivity index (χ0) is 12.7. The number of aromatic nitrogens is 3. The lowest BCUT2D eigenvalue weighted by molar-refractivity contribution is 0.987. The fraction of sp³-hybridized carbons (Fsp3) is 0.250. The lowest BCUT2D eigenvalue weighted by atomic mass is 10.2. The van der Waals surface area contributed by atoms with Crippen LogP contribution in [0.5, 0.6) is 0 Å². The summed E-state index contributed by atoms with van der Waals surface area (Å²) in [6.07, 6.45) is 2.43. The molecule has 0 unspecified atom stereocenters. The third-order valence-electron chi connectivity index (χ3n) is 2.73. The summed E-state index contributed by atoms with van der Waals surface area (Å²) in [4.78, 5) is 22.1. The molecule has 0 aliphatic heterocycles. The molecule has 6 heteroatoms. The first kappa shape index (κ1) is 11.6. The van der Waals surface area contributed by atoms with Gasteiger partial charge in [0, 0.05) is 28.2 Å². The van der Waals surface area contributed by atoms with E-state index < -0.39 is 0 Å². The van der Waals surface area contributed by atoms with Crippen molar-refractivity contribution in [2.45, 2.75) is 20.3 Å². The molecule has 3 heterocycles. The first-order valence-corrected chi connectivity index (χ1v) is 7.38. The molecule has 0 atom stereocenters. The minimum absolute atomic E-state index is 0.0200. The van der Waals surface area contributed by atoms with Gasteiger partial charge in [0.15, 0.2) is 4.96 Å². The van der Waals surface area contributed by atoms with E-state index in [0.717, 1.165) is 26.9 Å². The van der Waals surface area contributed by atoms with Crippen LogP contribution in [-0.2, 0) is 6.42 Å². The van der Waals surface area contributed by atoms with Crippen LogP contribution in [-0.4, -0.2) is 14.4 Å². The fourth-order valence-corrected chi connectivity index (χ4v) is 3.39. The van der Waals surface area contributed by atoms with E-state index in [4.69, 9.17) is 0 Å². The van der Waals surface area contributed by atoms with Gasteiger partial charge in [-0.1, -0.05) is 6.92 Å². The quantitative estimate of drug-likeness (QED) is 0.723. The van der Waals surface area contributed by atoms with E-state index in [1.165, 1.54) is 22.7 Å². The summed E-state index contributed by atoms with van der Waals surface area (Å²) in [5.41, 5.74) is 2.46. The van der Waals surface area contributed by atoms with E-state index in [9.17, 15) is 4.79 Å². The van der Waals surface area contributed by atoms with Crippen LogP contribution in [0.25, 0.3) is 15.7 Å². The van der Waals surface area contributed by atoms with Gasteiger partial charge in [0.25, 0.3) is 5.56 Å². The molecule has 0 fully saturated rings. The van der Waals surface area contributed by atoms with Gasteiger partial charge in [0.2, 0.25) is 0 Å². The Balaban J connectivity index is 2.37. The predicted octanol–water partition coefficient (Wildman–Crippen LogP) is 2.75. The maximum atomic E-state index is 12.3. The molecule has 3 rings (SSSR count). The van der Waals surface area contributed by atoms with Crippen molar-refractivity contribution in [3.63, 3.8) is 0 Å². The third kappa shape index (κ3) is 1.69. The number of hydrogen-bond donors (Lipinski definition) is 0. The van der Waals surface area contributed by atoms with Gasteiger partial charge >= 0.3 is 0 Å². The van der Waals surface area contributed by atoms with Crippen LogP contribution in [0.4, 0.5) is 0 Å². The summed E-state index contributed by atoms with van der Waals surface area (Å²) in [7, 11) is 0. The van der Waals surface area contributed by atoms with Gasteiger partial charge in [0.05, 0.1) is 0 Å². The Morgan fingerprint density at radius 3 is 2.83 bits per heavy atom. The standard InChI is InChI=1S/C12H11N3OS2/c1-3-8-9(10-13-7(2)6-18-10)14-12-15(11(8)16)4-5-17-12/h4-6H,3H2,1-2H3. The van der Waals surface area contributed by atoms with E-state index in [-0.39, 0.29) is 5.56 Å². The highest BCUT2D eigenvalue weighted by Gasteiger charge is 2.15. The van der Waals surface area contributed by atoms with Crippen molar-refractivity contribution in [1.29, 1.82) is 0 Å². The first-order chi connectivity index (χ1) is 8.70. The predicted molar refractivity (Wildman–Crippen MR) is 74.6 cm³/mol. The summed E-state index contributed by atoms with van der Waals surface area (Å²) < 4.78 is 1.60. The Labute approximate surface area is 112 Å². The summed E-state index contributed by atoms with van der Waals surface area (Å²) in [5, 5.41) is 4.68. The fourth-order valence-electron chi connectivity index (χ4n) is 1.88. The molecular weight excluding hydrogens is 266 g/mol. The van der Waals surface area contributed by atoms with Crippen LogP contribution < -0.4 is 5.56 Å². The summed E-state index contributed by atoms with van der Waals surface area (Å²) >= 11 is 3.00.